The summed E-state index contributed by atoms with van der Waals surface area (Å²) >= 11 is 6.26. The van der Waals surface area contributed by atoms with Gasteiger partial charge in [0.25, 0.3) is 0 Å². The molecule has 0 saturated heterocycles. The average Bonchev–Trinajstić information content (AvgIpc) is 2.95. The number of benzene rings is 4. The number of allylic oxidation sites excluding steroid dienone is 1. The second-order valence-corrected chi connectivity index (χ2v) is 9.56. The van der Waals surface area contributed by atoms with E-state index in [1.54, 1.807) is 24.3 Å². The standard InChI is InChI=1S/C32H25ClN2O5/c1-20-6-4-9-23(14-20)38-19-30(36)39-25-12-13-26-29(16-25)40-32(35)27(17-34)31(26)21-8-5-10-24(15-21)37-18-22-7-2-3-11-28(22)33/h2-16,31H,18-19,35H2,1H3. The Hall–Kier alpha value is -4.93. The maximum atomic E-state index is 12.4. The predicted molar refractivity (Wildman–Crippen MR) is 150 cm³/mol. The highest BCUT2D eigenvalue weighted by atomic mass is 35.5. The molecule has 0 amide bonds. The molecular weight excluding hydrogens is 528 g/mol. The number of nitrogens with zero attached hydrogens (tertiary/aromatic N) is 1. The van der Waals surface area contributed by atoms with Gasteiger partial charge >= 0.3 is 5.97 Å². The van der Waals surface area contributed by atoms with Crippen molar-refractivity contribution in [1.29, 1.82) is 5.26 Å². The fourth-order valence-corrected chi connectivity index (χ4v) is 4.60. The molecule has 40 heavy (non-hydrogen) atoms. The van der Waals surface area contributed by atoms with Crippen molar-refractivity contribution in [2.45, 2.75) is 19.4 Å². The molecule has 1 heterocycles. The molecule has 7 nitrogen and oxygen atoms in total. The lowest BCUT2D eigenvalue weighted by Crippen LogP contribution is -2.21. The van der Waals surface area contributed by atoms with Crippen LogP contribution in [-0.4, -0.2) is 12.6 Å². The largest absolute Gasteiger partial charge is 0.489 e. The summed E-state index contributed by atoms with van der Waals surface area (Å²) in [6.07, 6.45) is 0. The Balaban J connectivity index is 1.34. The van der Waals surface area contributed by atoms with Gasteiger partial charge in [0.2, 0.25) is 5.88 Å². The number of aryl methyl sites for hydroxylation is 1. The van der Waals surface area contributed by atoms with Crippen LogP contribution in [0.25, 0.3) is 0 Å². The quantitative estimate of drug-likeness (QED) is 0.198. The van der Waals surface area contributed by atoms with Crippen LogP contribution in [0.5, 0.6) is 23.0 Å². The van der Waals surface area contributed by atoms with Gasteiger partial charge in [-0.1, -0.05) is 60.1 Å². The molecule has 1 unspecified atom stereocenters. The highest BCUT2D eigenvalue weighted by Gasteiger charge is 2.31. The van der Waals surface area contributed by atoms with E-state index in [0.29, 0.717) is 34.4 Å². The summed E-state index contributed by atoms with van der Waals surface area (Å²) in [6.45, 7) is 1.97. The van der Waals surface area contributed by atoms with E-state index in [4.69, 9.17) is 36.3 Å². The number of fused-ring (bicyclic) bond motifs is 1. The summed E-state index contributed by atoms with van der Waals surface area (Å²) in [5.74, 6) is 0.738. The van der Waals surface area contributed by atoms with Crippen molar-refractivity contribution < 1.29 is 23.7 Å². The van der Waals surface area contributed by atoms with Gasteiger partial charge < -0.3 is 24.7 Å². The number of nitrogens with two attached hydrogens (primary N) is 1. The first-order valence-corrected chi connectivity index (χ1v) is 12.9. The van der Waals surface area contributed by atoms with E-state index in [0.717, 1.165) is 16.7 Å². The zero-order valence-corrected chi connectivity index (χ0v) is 22.4. The van der Waals surface area contributed by atoms with Crippen LogP contribution in [0.2, 0.25) is 5.02 Å². The van der Waals surface area contributed by atoms with Crippen molar-refractivity contribution in [1.82, 2.24) is 0 Å². The Labute approximate surface area is 236 Å². The van der Waals surface area contributed by atoms with Crippen molar-refractivity contribution in [2.24, 2.45) is 5.73 Å². The van der Waals surface area contributed by atoms with Gasteiger partial charge in [-0.05, 0) is 54.4 Å². The summed E-state index contributed by atoms with van der Waals surface area (Å²) in [5, 5.41) is 10.5. The van der Waals surface area contributed by atoms with Crippen molar-refractivity contribution >= 4 is 17.6 Å². The monoisotopic (exact) mass is 552 g/mol. The molecule has 1 atom stereocenters. The second-order valence-electron chi connectivity index (χ2n) is 9.16. The molecule has 1 aliphatic rings. The Morgan fingerprint density at radius 1 is 0.950 bits per heavy atom. The number of carbonyl (C=O) groups excluding carboxylic acids is 1. The Morgan fingerprint density at radius 2 is 1.73 bits per heavy atom. The van der Waals surface area contributed by atoms with E-state index in [-0.39, 0.29) is 23.8 Å². The summed E-state index contributed by atoms with van der Waals surface area (Å²) in [6, 6.07) is 29.5. The lowest BCUT2D eigenvalue weighted by Gasteiger charge is -2.27. The molecule has 0 aromatic heterocycles. The molecule has 8 heteroatoms. The van der Waals surface area contributed by atoms with Crippen molar-refractivity contribution in [3.8, 4) is 29.1 Å². The SMILES string of the molecule is Cc1cccc(OCC(=O)Oc2ccc3c(c2)OC(N)=C(C#N)C3c2cccc(OCc3ccccc3Cl)c2)c1. The van der Waals surface area contributed by atoms with Crippen LogP contribution >= 0.6 is 11.6 Å². The number of nitriles is 1. The third-order valence-corrected chi connectivity index (χ3v) is 6.68. The van der Waals surface area contributed by atoms with Crippen LogP contribution in [0.3, 0.4) is 0 Å². The molecule has 200 valence electrons. The van der Waals surface area contributed by atoms with Crippen LogP contribution in [0.15, 0.2) is 102 Å². The van der Waals surface area contributed by atoms with Gasteiger partial charge in [0.05, 0.1) is 5.92 Å². The van der Waals surface area contributed by atoms with Crippen LogP contribution in [0, 0.1) is 18.3 Å². The van der Waals surface area contributed by atoms with Gasteiger partial charge in [-0.15, -0.1) is 0 Å². The summed E-state index contributed by atoms with van der Waals surface area (Å²) in [5.41, 5.74) is 9.80. The van der Waals surface area contributed by atoms with E-state index in [2.05, 4.69) is 6.07 Å². The second kappa shape index (κ2) is 11.9. The van der Waals surface area contributed by atoms with Crippen LogP contribution in [-0.2, 0) is 11.4 Å². The summed E-state index contributed by atoms with van der Waals surface area (Å²) in [7, 11) is 0. The molecule has 0 saturated carbocycles. The molecule has 1 aliphatic heterocycles. The van der Waals surface area contributed by atoms with Gasteiger partial charge in [-0.25, -0.2) is 4.79 Å². The number of halogens is 1. The number of rotatable bonds is 8. The molecule has 0 spiro atoms. The normalized spacial score (nSPS) is 14.0. The lowest BCUT2D eigenvalue weighted by molar-refractivity contribution is -0.136. The molecule has 0 aliphatic carbocycles. The highest BCUT2D eigenvalue weighted by molar-refractivity contribution is 6.31. The topological polar surface area (TPSA) is 104 Å². The van der Waals surface area contributed by atoms with Gasteiger partial charge in [0.1, 0.15) is 41.2 Å². The Bertz CT molecular complexity index is 1640. The van der Waals surface area contributed by atoms with E-state index in [9.17, 15) is 10.1 Å². The Morgan fingerprint density at radius 3 is 2.50 bits per heavy atom. The molecule has 0 bridgehead atoms. The fourth-order valence-electron chi connectivity index (χ4n) is 4.41. The first-order chi connectivity index (χ1) is 19.4. The van der Waals surface area contributed by atoms with Crippen LogP contribution in [0.4, 0.5) is 0 Å². The van der Waals surface area contributed by atoms with Gasteiger partial charge in [-0.3, -0.25) is 0 Å². The van der Waals surface area contributed by atoms with Crippen molar-refractivity contribution in [3.05, 3.63) is 130 Å². The minimum absolute atomic E-state index is 0.0198. The van der Waals surface area contributed by atoms with E-state index in [1.165, 1.54) is 0 Å². The first-order valence-electron chi connectivity index (χ1n) is 12.5. The van der Waals surface area contributed by atoms with Crippen molar-refractivity contribution in [3.63, 3.8) is 0 Å². The molecule has 0 radical (unpaired) electrons. The number of carbonyl (C=O) groups is 1. The maximum absolute atomic E-state index is 12.4. The van der Waals surface area contributed by atoms with E-state index in [1.807, 2.05) is 73.7 Å². The Kier molecular flexibility index (Phi) is 7.90. The minimum Gasteiger partial charge on any atom is -0.489 e. The van der Waals surface area contributed by atoms with Gasteiger partial charge in [0.15, 0.2) is 6.61 Å². The number of ether oxygens (including phenoxy) is 4. The summed E-state index contributed by atoms with van der Waals surface area (Å²) < 4.78 is 22.8. The van der Waals surface area contributed by atoms with Crippen LogP contribution in [0.1, 0.15) is 28.2 Å². The molecule has 2 N–H and O–H groups in total. The first kappa shape index (κ1) is 26.7. The average molecular weight is 553 g/mol. The number of esters is 1. The molecular formula is C32H25ClN2O5. The molecule has 0 fully saturated rings. The molecule has 4 aromatic carbocycles. The van der Waals surface area contributed by atoms with Gasteiger partial charge in [0, 0.05) is 22.2 Å². The van der Waals surface area contributed by atoms with Crippen molar-refractivity contribution in [2.75, 3.05) is 6.61 Å². The predicted octanol–water partition coefficient (Wildman–Crippen LogP) is 6.43. The molecule has 5 rings (SSSR count). The maximum Gasteiger partial charge on any atom is 0.349 e. The third kappa shape index (κ3) is 6.04. The minimum atomic E-state index is -0.571. The zero-order valence-electron chi connectivity index (χ0n) is 21.6. The number of hydrogen-bond acceptors (Lipinski definition) is 7. The summed E-state index contributed by atoms with van der Waals surface area (Å²) in [4.78, 5) is 12.4. The van der Waals surface area contributed by atoms with Gasteiger partial charge in [-0.2, -0.15) is 5.26 Å². The smallest absolute Gasteiger partial charge is 0.349 e. The highest BCUT2D eigenvalue weighted by Crippen LogP contribution is 2.44. The van der Waals surface area contributed by atoms with E-state index < -0.39 is 11.9 Å². The zero-order chi connectivity index (χ0) is 28.1. The number of hydrogen-bond donors (Lipinski definition) is 1. The third-order valence-electron chi connectivity index (χ3n) is 6.31. The van der Waals surface area contributed by atoms with E-state index >= 15 is 0 Å². The molecule has 4 aromatic rings. The lowest BCUT2D eigenvalue weighted by atomic mass is 9.83. The van der Waals surface area contributed by atoms with Crippen LogP contribution < -0.4 is 24.7 Å². The fraction of sp³-hybridized carbons (Fsp3) is 0.125.